The van der Waals surface area contributed by atoms with Crippen molar-refractivity contribution in [2.75, 3.05) is 0 Å². The summed E-state index contributed by atoms with van der Waals surface area (Å²) in [7, 11) is 0. The number of fused-ring (bicyclic) bond motifs is 6. The number of hydrogen-bond donors (Lipinski definition) is 1. The molecule has 5 heteroatoms. The number of amidine groups is 1. The number of nitrogens with one attached hydrogen (secondary N) is 1. The molecule has 0 aliphatic carbocycles. The molecule has 0 saturated carbocycles. The zero-order valence-electron chi connectivity index (χ0n) is 20.6. The van der Waals surface area contributed by atoms with Crippen molar-refractivity contribution in [3.8, 4) is 0 Å². The number of carbonyl (C=O) groups is 2. The van der Waals surface area contributed by atoms with E-state index in [9.17, 15) is 9.59 Å². The largest absolute Gasteiger partial charge is 0.310 e. The maximum absolute atomic E-state index is 13.3. The molecule has 2 aliphatic heterocycles. The molecule has 1 N–H and O–H groups in total. The number of allylic oxidation sites excluding steroid dienone is 2. The molecule has 0 spiro atoms. The second-order valence-electron chi connectivity index (χ2n) is 9.53. The fourth-order valence-corrected chi connectivity index (χ4v) is 4.78. The lowest BCUT2D eigenvalue weighted by molar-refractivity contribution is -0.114. The van der Waals surface area contributed by atoms with Crippen molar-refractivity contribution >= 4 is 28.9 Å². The Kier molecular flexibility index (Phi) is 6.72. The highest BCUT2D eigenvalue weighted by Gasteiger charge is 2.21. The van der Waals surface area contributed by atoms with Crippen LogP contribution in [0.5, 0.6) is 0 Å². The fourth-order valence-electron chi connectivity index (χ4n) is 4.78. The van der Waals surface area contributed by atoms with Gasteiger partial charge in [0, 0.05) is 24.0 Å². The average molecular weight is 476 g/mol. The number of benzene rings is 3. The number of para-hydroxylation sites is 1. The van der Waals surface area contributed by atoms with Crippen LogP contribution >= 0.6 is 0 Å². The predicted octanol–water partition coefficient (Wildman–Crippen LogP) is 5.72. The number of ketones is 1. The molecule has 180 valence electrons. The SMILES string of the molecule is CC1=CC(=O)CC2Cc3cccc(c3)C(=O)NC(=Nc3ccccc3C)CCc3cccc(c3)C1=N2. The molecule has 0 saturated heterocycles. The molecule has 3 aromatic carbocycles. The summed E-state index contributed by atoms with van der Waals surface area (Å²) < 4.78 is 0. The van der Waals surface area contributed by atoms with E-state index in [0.29, 0.717) is 37.1 Å². The van der Waals surface area contributed by atoms with E-state index in [4.69, 9.17) is 9.98 Å². The molecule has 3 aromatic rings. The molecule has 0 aromatic heterocycles. The van der Waals surface area contributed by atoms with Gasteiger partial charge >= 0.3 is 0 Å². The second-order valence-corrected chi connectivity index (χ2v) is 9.53. The number of rotatable bonds is 1. The van der Waals surface area contributed by atoms with Crippen LogP contribution in [0.15, 0.2) is 94.4 Å². The monoisotopic (exact) mass is 475 g/mol. The van der Waals surface area contributed by atoms with Crippen LogP contribution in [-0.2, 0) is 17.6 Å². The van der Waals surface area contributed by atoms with Gasteiger partial charge in [-0.05, 0) is 79.3 Å². The molecule has 5 nitrogen and oxygen atoms in total. The van der Waals surface area contributed by atoms with Gasteiger partial charge in [0.15, 0.2) is 5.78 Å². The van der Waals surface area contributed by atoms with Crippen molar-refractivity contribution < 1.29 is 9.59 Å². The number of aryl methyl sites for hydroxylation is 2. The first-order valence-electron chi connectivity index (χ1n) is 12.4. The Bertz CT molecular complexity index is 1430. The third-order valence-corrected chi connectivity index (χ3v) is 6.64. The molecule has 1 unspecified atom stereocenters. The first-order valence-corrected chi connectivity index (χ1v) is 12.4. The lowest BCUT2D eigenvalue weighted by Crippen LogP contribution is -2.31. The Morgan fingerprint density at radius 1 is 0.833 bits per heavy atom. The quantitative estimate of drug-likeness (QED) is 0.489. The van der Waals surface area contributed by atoms with Crippen LogP contribution in [0.4, 0.5) is 5.69 Å². The molecule has 2 aliphatic rings. The normalized spacial score (nSPS) is 19.4. The third kappa shape index (κ3) is 5.41. The first kappa shape index (κ1) is 23.6. The van der Waals surface area contributed by atoms with Crippen LogP contribution < -0.4 is 5.32 Å². The number of amides is 1. The number of aliphatic imine (C=N–C) groups is 2. The molecule has 0 fully saturated rings. The Morgan fingerprint density at radius 3 is 2.42 bits per heavy atom. The zero-order chi connectivity index (χ0) is 25.1. The highest BCUT2D eigenvalue weighted by molar-refractivity contribution is 6.16. The number of hydrogen-bond acceptors (Lipinski definition) is 4. The van der Waals surface area contributed by atoms with Crippen molar-refractivity contribution in [3.63, 3.8) is 0 Å². The van der Waals surface area contributed by atoms with Gasteiger partial charge in [-0.15, -0.1) is 0 Å². The van der Waals surface area contributed by atoms with Crippen LogP contribution in [0.1, 0.15) is 52.4 Å². The van der Waals surface area contributed by atoms with Gasteiger partial charge in [0.1, 0.15) is 5.84 Å². The van der Waals surface area contributed by atoms with E-state index < -0.39 is 0 Å². The minimum absolute atomic E-state index is 0.0828. The summed E-state index contributed by atoms with van der Waals surface area (Å²) in [5.41, 5.74) is 7.32. The van der Waals surface area contributed by atoms with Gasteiger partial charge in [0.2, 0.25) is 0 Å². The standard InChI is InChI=1S/C31H29N3O2/c1-20-7-3-4-12-28(20)33-29-14-13-22-8-5-10-24(16-22)30-21(2)15-27(35)19-26(32-30)18-23-9-6-11-25(17-23)31(36)34-29/h3-12,15-17,26H,13-14,18-19H2,1-2H3,(H,33,34,36). The van der Waals surface area contributed by atoms with Gasteiger partial charge in [-0.1, -0.05) is 48.5 Å². The Labute approximate surface area is 211 Å². The molecule has 6 bridgehead atoms. The summed E-state index contributed by atoms with van der Waals surface area (Å²) in [4.78, 5) is 35.8. The highest BCUT2D eigenvalue weighted by atomic mass is 16.1. The number of carbonyl (C=O) groups excluding carboxylic acids is 2. The zero-order valence-corrected chi connectivity index (χ0v) is 20.6. The van der Waals surface area contributed by atoms with E-state index in [1.54, 1.807) is 6.08 Å². The molecule has 36 heavy (non-hydrogen) atoms. The Balaban J connectivity index is 1.60. The van der Waals surface area contributed by atoms with E-state index in [-0.39, 0.29) is 17.7 Å². The summed E-state index contributed by atoms with van der Waals surface area (Å²) in [5, 5.41) is 3.07. The molecule has 0 radical (unpaired) electrons. The van der Waals surface area contributed by atoms with Crippen molar-refractivity contribution in [2.24, 2.45) is 9.98 Å². The Morgan fingerprint density at radius 2 is 1.58 bits per heavy atom. The van der Waals surface area contributed by atoms with Crippen molar-refractivity contribution in [3.05, 3.63) is 112 Å². The molecular formula is C31H29N3O2. The smallest absolute Gasteiger partial charge is 0.256 e. The number of nitrogens with zero attached hydrogens (tertiary/aromatic N) is 2. The fraction of sp³-hybridized carbons (Fsp3) is 0.226. The average Bonchev–Trinajstić information content (AvgIpc) is 3.00. The summed E-state index contributed by atoms with van der Waals surface area (Å²) in [6.07, 6.45) is 3.93. The van der Waals surface area contributed by atoms with Gasteiger partial charge in [-0.2, -0.15) is 0 Å². The summed E-state index contributed by atoms with van der Waals surface area (Å²) in [6.45, 7) is 3.97. The van der Waals surface area contributed by atoms with E-state index in [0.717, 1.165) is 39.2 Å². The molecule has 5 rings (SSSR count). The van der Waals surface area contributed by atoms with Crippen molar-refractivity contribution in [2.45, 2.75) is 45.6 Å². The van der Waals surface area contributed by atoms with Crippen molar-refractivity contribution in [1.29, 1.82) is 0 Å². The molecule has 2 heterocycles. The van der Waals surface area contributed by atoms with Gasteiger partial charge in [0.25, 0.3) is 5.91 Å². The molecule has 1 atom stereocenters. The van der Waals surface area contributed by atoms with Crippen LogP contribution in [0.25, 0.3) is 0 Å². The Hall–Kier alpha value is -4.12. The highest BCUT2D eigenvalue weighted by Crippen LogP contribution is 2.22. The maximum atomic E-state index is 13.3. The van der Waals surface area contributed by atoms with E-state index in [1.807, 2.05) is 68.4 Å². The summed E-state index contributed by atoms with van der Waals surface area (Å²) in [6, 6.07) is 23.6. The maximum Gasteiger partial charge on any atom is 0.256 e. The first-order chi connectivity index (χ1) is 17.4. The second kappa shape index (κ2) is 10.2. The van der Waals surface area contributed by atoms with Crippen LogP contribution in [0.3, 0.4) is 0 Å². The molecular weight excluding hydrogens is 446 g/mol. The van der Waals surface area contributed by atoms with Gasteiger partial charge in [-0.3, -0.25) is 14.6 Å². The van der Waals surface area contributed by atoms with Crippen LogP contribution in [0, 0.1) is 6.92 Å². The van der Waals surface area contributed by atoms with E-state index in [1.165, 1.54) is 0 Å². The predicted molar refractivity (Wildman–Crippen MR) is 144 cm³/mol. The van der Waals surface area contributed by atoms with Gasteiger partial charge in [0.05, 0.1) is 17.4 Å². The van der Waals surface area contributed by atoms with Crippen LogP contribution in [-0.4, -0.2) is 29.3 Å². The molecule has 1 amide bonds. The lowest BCUT2D eigenvalue weighted by Gasteiger charge is -2.13. The van der Waals surface area contributed by atoms with Crippen molar-refractivity contribution in [1.82, 2.24) is 5.32 Å². The summed E-state index contributed by atoms with van der Waals surface area (Å²) >= 11 is 0. The van der Waals surface area contributed by atoms with Gasteiger partial charge in [-0.25, -0.2) is 4.99 Å². The van der Waals surface area contributed by atoms with E-state index in [2.05, 4.69) is 23.5 Å². The lowest BCUT2D eigenvalue weighted by atomic mass is 9.99. The van der Waals surface area contributed by atoms with Gasteiger partial charge < -0.3 is 5.32 Å². The van der Waals surface area contributed by atoms with E-state index >= 15 is 0 Å². The topological polar surface area (TPSA) is 70.9 Å². The minimum Gasteiger partial charge on any atom is -0.310 e. The third-order valence-electron chi connectivity index (χ3n) is 6.64. The minimum atomic E-state index is -0.188. The summed E-state index contributed by atoms with van der Waals surface area (Å²) in [5.74, 6) is 0.528. The van der Waals surface area contributed by atoms with Crippen LogP contribution in [0.2, 0.25) is 0 Å².